The van der Waals surface area contributed by atoms with Crippen LogP contribution in [0.3, 0.4) is 0 Å². The number of carboxylic acid groups (broad SMARTS) is 1. The van der Waals surface area contributed by atoms with E-state index in [2.05, 4.69) is 30.3 Å². The molecular weight excluding hydrogens is 391 g/mol. The molecule has 0 saturated carbocycles. The van der Waals surface area contributed by atoms with Crippen LogP contribution in [0.1, 0.15) is 6.92 Å². The Labute approximate surface area is 103 Å². The molecule has 0 radical (unpaired) electrons. The summed E-state index contributed by atoms with van der Waals surface area (Å²) in [5, 5.41) is 22.5. The van der Waals surface area contributed by atoms with Crippen molar-refractivity contribution in [2.45, 2.75) is 6.92 Å². The predicted octanol–water partition coefficient (Wildman–Crippen LogP) is -0.733. The van der Waals surface area contributed by atoms with E-state index in [1.807, 2.05) is 0 Å². The number of nitrogens with zero attached hydrogens (tertiary/aromatic N) is 1. The molecule has 0 heterocycles. The van der Waals surface area contributed by atoms with Crippen molar-refractivity contribution in [1.82, 2.24) is 0 Å². The minimum atomic E-state index is -1.50. The number of rotatable bonds is 0. The molecular formula is C8H9HgNO5. The zero-order valence-corrected chi connectivity index (χ0v) is 13.6. The van der Waals surface area contributed by atoms with Gasteiger partial charge in [-0.2, -0.15) is 0 Å². The van der Waals surface area contributed by atoms with Gasteiger partial charge in [0.15, 0.2) is 0 Å². The minimum absolute atomic E-state index is 0.810. The molecule has 0 aliphatic heterocycles. The van der Waals surface area contributed by atoms with Gasteiger partial charge in [-0.05, 0) is 6.92 Å². The summed E-state index contributed by atoms with van der Waals surface area (Å²) in [5.41, 5.74) is 0. The average Bonchev–Trinajstić information content (AvgIpc) is 2.03. The summed E-state index contributed by atoms with van der Waals surface area (Å²) in [6.07, 6.45) is 0. The second kappa shape index (κ2) is 10.9. The van der Waals surface area contributed by atoms with Gasteiger partial charge in [0, 0.05) is 5.97 Å². The first-order chi connectivity index (χ1) is 6.86. The van der Waals surface area contributed by atoms with Crippen LogP contribution in [-0.2, 0) is 30.9 Å². The van der Waals surface area contributed by atoms with Crippen molar-refractivity contribution in [3.8, 4) is 0 Å². The second-order valence-corrected chi connectivity index (χ2v) is 5.39. The Bertz CT molecular complexity index is 270. The number of hydrogen-bond acceptors (Lipinski definition) is 4. The number of aliphatic carboxylic acids is 1. The van der Waals surface area contributed by atoms with Gasteiger partial charge in [-0.15, -0.1) is 10.1 Å². The molecule has 0 amide bonds. The van der Waals surface area contributed by atoms with Crippen molar-refractivity contribution >= 4 is 9.04 Å². The zero-order chi connectivity index (χ0) is 12.3. The van der Waals surface area contributed by atoms with Crippen molar-refractivity contribution in [3.05, 3.63) is 40.4 Å². The fraction of sp³-hybridized carbons (Fsp3) is 0.125. The summed E-state index contributed by atoms with van der Waals surface area (Å²) in [7, 11) is 0. The third kappa shape index (κ3) is 32.3. The van der Waals surface area contributed by atoms with Gasteiger partial charge < -0.3 is 15.1 Å². The summed E-state index contributed by atoms with van der Waals surface area (Å²) < 4.78 is 1.52. The second-order valence-electron chi connectivity index (χ2n) is 2.22. The van der Waals surface area contributed by atoms with Crippen molar-refractivity contribution in [1.29, 1.82) is 0 Å². The molecule has 78 valence electrons. The molecule has 0 spiro atoms. The molecule has 0 aliphatic carbocycles. The molecule has 0 saturated heterocycles. The van der Waals surface area contributed by atoms with E-state index in [1.54, 1.807) is 0 Å². The Hall–Kier alpha value is -1.17. The van der Waals surface area contributed by atoms with E-state index in [-0.39, 0.29) is 0 Å². The molecule has 0 unspecified atom stereocenters. The molecule has 0 aromatic heterocycles. The van der Waals surface area contributed by atoms with Crippen LogP contribution in [0, 0.1) is 10.1 Å². The van der Waals surface area contributed by atoms with Crippen LogP contribution in [-0.4, -0.2) is 16.3 Å². The molecule has 6 nitrogen and oxygen atoms in total. The van der Waals surface area contributed by atoms with Crippen molar-refractivity contribution in [2.75, 3.05) is 0 Å². The Morgan fingerprint density at radius 3 is 1.80 bits per heavy atom. The summed E-state index contributed by atoms with van der Waals surface area (Å²) in [5.74, 6) is -1.08. The van der Waals surface area contributed by atoms with Gasteiger partial charge >= 0.3 is 59.5 Å². The van der Waals surface area contributed by atoms with E-state index >= 15 is 0 Å². The predicted molar refractivity (Wildman–Crippen MR) is 45.5 cm³/mol. The third-order valence-corrected chi connectivity index (χ3v) is 2.68. The zero-order valence-electron chi connectivity index (χ0n) is 8.12. The maximum atomic E-state index is 8.89. The standard InChI is InChI=1S/C6H5.C2H4O2.Hg.HNO3/c1-2-4-6-5-3-1;1-2(3)4;;2-1(3)4/h1-5H;1H3,(H,3,4);;(H,2,3,4)/q;;+1;/p-1. The number of benzene rings is 1. The van der Waals surface area contributed by atoms with E-state index in [1.165, 1.54) is 3.07 Å². The first-order valence-corrected chi connectivity index (χ1v) is 6.49. The van der Waals surface area contributed by atoms with Crippen LogP contribution in [0.15, 0.2) is 30.3 Å². The van der Waals surface area contributed by atoms with Crippen molar-refractivity contribution in [3.63, 3.8) is 0 Å². The van der Waals surface area contributed by atoms with Gasteiger partial charge in [-0.3, -0.25) is 0 Å². The van der Waals surface area contributed by atoms with Gasteiger partial charge in [-0.1, -0.05) is 0 Å². The van der Waals surface area contributed by atoms with E-state index in [4.69, 9.17) is 25.2 Å². The number of hydrogen-bond donors (Lipinski definition) is 1. The first kappa shape index (κ1) is 16.3. The Morgan fingerprint density at radius 1 is 1.40 bits per heavy atom. The molecule has 1 N–H and O–H groups in total. The van der Waals surface area contributed by atoms with Gasteiger partial charge in [0.2, 0.25) is 0 Å². The summed E-state index contributed by atoms with van der Waals surface area (Å²) in [6.45, 7) is 0.972. The number of carbonyl (C=O) groups excluding carboxylic acids is 1. The van der Waals surface area contributed by atoms with Crippen molar-refractivity contribution < 1.29 is 46.3 Å². The molecule has 15 heavy (non-hydrogen) atoms. The van der Waals surface area contributed by atoms with Gasteiger partial charge in [0.05, 0.1) is 0 Å². The van der Waals surface area contributed by atoms with Crippen LogP contribution in [0.4, 0.5) is 0 Å². The SMILES string of the molecule is CC(=O)[O-].O=[N+]([O-])O.[Hg+][c]1ccccc1. The molecule has 0 bridgehead atoms. The Balaban J connectivity index is 0. The van der Waals surface area contributed by atoms with E-state index in [0.29, 0.717) is 0 Å². The number of carbonyl (C=O) groups is 1. The van der Waals surface area contributed by atoms with Gasteiger partial charge in [-0.25, -0.2) is 0 Å². The van der Waals surface area contributed by atoms with E-state index < -0.39 is 11.1 Å². The normalized spacial score (nSPS) is 7.40. The van der Waals surface area contributed by atoms with Crippen LogP contribution in [0.25, 0.3) is 0 Å². The van der Waals surface area contributed by atoms with Crippen LogP contribution >= 0.6 is 0 Å². The molecule has 0 fully saturated rings. The molecule has 1 aromatic carbocycles. The molecule has 0 atom stereocenters. The molecule has 1 rings (SSSR count). The Kier molecular flexibility index (Phi) is 11.8. The van der Waals surface area contributed by atoms with Crippen molar-refractivity contribution in [2.24, 2.45) is 0 Å². The molecule has 1 aromatic rings. The van der Waals surface area contributed by atoms with E-state index in [9.17, 15) is 0 Å². The fourth-order valence-corrected chi connectivity index (χ4v) is 1.54. The van der Waals surface area contributed by atoms with Gasteiger partial charge in [0.1, 0.15) is 0 Å². The van der Waals surface area contributed by atoms with Gasteiger partial charge in [0.25, 0.3) is 5.09 Å². The fourth-order valence-electron chi connectivity index (χ4n) is 0.478. The summed E-state index contributed by atoms with van der Waals surface area (Å²) >= 11 is 0.810. The van der Waals surface area contributed by atoms with Crippen LogP contribution < -0.4 is 8.18 Å². The van der Waals surface area contributed by atoms with Crippen LogP contribution in [0.5, 0.6) is 0 Å². The monoisotopic (exact) mass is 401 g/mol. The summed E-state index contributed by atoms with van der Waals surface area (Å²) in [4.78, 5) is 17.2. The third-order valence-electron chi connectivity index (χ3n) is 0.843. The van der Waals surface area contributed by atoms with Crippen LogP contribution in [0.2, 0.25) is 0 Å². The molecule has 7 heteroatoms. The topological polar surface area (TPSA) is 104 Å². The average molecular weight is 400 g/mol. The molecule has 0 aliphatic rings. The summed E-state index contributed by atoms with van der Waals surface area (Å²) in [6, 6.07) is 10.6. The maximum absolute atomic E-state index is 8.89. The quantitative estimate of drug-likeness (QED) is 0.352. The number of carboxylic acids is 1. The first-order valence-electron chi connectivity index (χ1n) is 3.74. The Morgan fingerprint density at radius 2 is 1.67 bits per heavy atom. The van der Waals surface area contributed by atoms with E-state index in [0.717, 1.165) is 33.0 Å².